The highest BCUT2D eigenvalue weighted by Gasteiger charge is 2.43. The molecule has 0 bridgehead atoms. The van der Waals surface area contributed by atoms with Crippen LogP contribution in [0.2, 0.25) is 0 Å². The van der Waals surface area contributed by atoms with Gasteiger partial charge in [0.15, 0.2) is 11.5 Å². The fourth-order valence-electron chi connectivity index (χ4n) is 3.12. The molecule has 0 spiro atoms. The molecule has 1 amide bonds. The van der Waals surface area contributed by atoms with E-state index in [0.29, 0.717) is 5.56 Å². The van der Waals surface area contributed by atoms with E-state index in [-0.39, 0.29) is 16.4 Å². The molecule has 0 N–H and O–H groups in total. The number of halogens is 9. The van der Waals surface area contributed by atoms with Gasteiger partial charge in [-0.15, -0.1) is 0 Å². The highest BCUT2D eigenvalue weighted by Crippen LogP contribution is 2.39. The summed E-state index contributed by atoms with van der Waals surface area (Å²) in [7, 11) is 1.12. The van der Waals surface area contributed by atoms with Crippen molar-refractivity contribution in [3.05, 3.63) is 70.2 Å². The summed E-state index contributed by atoms with van der Waals surface area (Å²) in [5.74, 6) is -2.82. The molecule has 190 valence electrons. The fraction of sp³-hybridized carbons (Fsp3) is 0.238. The van der Waals surface area contributed by atoms with Gasteiger partial charge in [-0.05, 0) is 30.7 Å². The Hall–Kier alpha value is -4.09. The first kappa shape index (κ1) is 26.5. The average Bonchev–Trinajstić information content (AvgIpc) is 3.21. The van der Waals surface area contributed by atoms with Crippen LogP contribution < -0.4 is 4.90 Å². The first-order valence-corrected chi connectivity index (χ1v) is 9.57. The minimum Gasteiger partial charge on any atom is -0.310 e. The van der Waals surface area contributed by atoms with Crippen molar-refractivity contribution < 1.29 is 44.3 Å². The normalized spacial score (nSPS) is 12.4. The van der Waals surface area contributed by atoms with Crippen molar-refractivity contribution >= 4 is 11.6 Å². The van der Waals surface area contributed by atoms with Crippen LogP contribution in [0.25, 0.3) is 5.82 Å². The molecule has 2 heterocycles. The lowest BCUT2D eigenvalue weighted by Crippen LogP contribution is -2.29. The number of aromatic nitrogens is 3. The van der Waals surface area contributed by atoms with Gasteiger partial charge < -0.3 is 4.90 Å². The Morgan fingerprint density at radius 3 is 2.06 bits per heavy atom. The van der Waals surface area contributed by atoms with Gasteiger partial charge in [0.05, 0.1) is 5.56 Å². The summed E-state index contributed by atoms with van der Waals surface area (Å²) in [6.45, 7) is 1.64. The van der Waals surface area contributed by atoms with Crippen LogP contribution in [0.1, 0.15) is 38.6 Å². The molecule has 0 aliphatic rings. The van der Waals surface area contributed by atoms with E-state index in [1.54, 1.807) is 13.0 Å². The molecule has 3 rings (SSSR count). The van der Waals surface area contributed by atoms with Gasteiger partial charge in [-0.1, -0.05) is 12.1 Å². The van der Waals surface area contributed by atoms with E-state index in [4.69, 9.17) is 0 Å². The fourth-order valence-corrected chi connectivity index (χ4v) is 3.12. The second-order valence-corrected chi connectivity index (χ2v) is 7.39. The van der Waals surface area contributed by atoms with Gasteiger partial charge in [0.25, 0.3) is 5.91 Å². The van der Waals surface area contributed by atoms with E-state index in [1.165, 1.54) is 18.2 Å². The van der Waals surface area contributed by atoms with Crippen LogP contribution in [-0.2, 0) is 18.5 Å². The number of rotatable bonds is 3. The van der Waals surface area contributed by atoms with E-state index >= 15 is 0 Å². The largest absolute Gasteiger partial charge is 0.435 e. The van der Waals surface area contributed by atoms with Gasteiger partial charge in [-0.2, -0.15) is 49.9 Å². The molecule has 0 radical (unpaired) electrons. The third-order valence-electron chi connectivity index (χ3n) is 4.82. The molecule has 15 heteroatoms. The third kappa shape index (κ3) is 5.11. The maximum Gasteiger partial charge on any atom is 0.435 e. The van der Waals surface area contributed by atoms with Crippen molar-refractivity contribution in [2.75, 3.05) is 11.9 Å². The summed E-state index contributed by atoms with van der Waals surface area (Å²) in [4.78, 5) is 16.9. The number of aryl methyl sites for hydroxylation is 1. The maximum atomic E-state index is 13.5. The van der Waals surface area contributed by atoms with Gasteiger partial charge in [-0.3, -0.25) is 4.79 Å². The van der Waals surface area contributed by atoms with Gasteiger partial charge in [0.2, 0.25) is 0 Å². The second kappa shape index (κ2) is 8.85. The molecular formula is C21H12F9N5O. The quantitative estimate of drug-likeness (QED) is 0.410. The van der Waals surface area contributed by atoms with Crippen LogP contribution in [0, 0.1) is 18.3 Å². The second-order valence-electron chi connectivity index (χ2n) is 7.39. The van der Waals surface area contributed by atoms with E-state index < -0.39 is 64.5 Å². The highest BCUT2D eigenvalue weighted by atomic mass is 19.4. The van der Waals surface area contributed by atoms with Gasteiger partial charge >= 0.3 is 18.5 Å². The Morgan fingerprint density at radius 1 is 0.944 bits per heavy atom. The van der Waals surface area contributed by atoms with Crippen molar-refractivity contribution in [1.29, 1.82) is 5.26 Å². The lowest BCUT2D eigenvalue weighted by Gasteiger charge is -2.20. The number of amides is 1. The summed E-state index contributed by atoms with van der Waals surface area (Å²) >= 11 is 0. The number of carbonyl (C=O) groups is 1. The molecule has 0 fully saturated rings. The molecule has 0 atom stereocenters. The van der Waals surface area contributed by atoms with E-state index in [2.05, 4.69) is 10.1 Å². The lowest BCUT2D eigenvalue weighted by atomic mass is 10.1. The summed E-state index contributed by atoms with van der Waals surface area (Å²) in [5, 5.41) is 12.3. The van der Waals surface area contributed by atoms with E-state index in [0.717, 1.165) is 18.0 Å². The molecule has 36 heavy (non-hydrogen) atoms. The Bertz CT molecular complexity index is 1360. The first-order chi connectivity index (χ1) is 16.4. The third-order valence-corrected chi connectivity index (χ3v) is 4.82. The molecule has 0 unspecified atom stereocenters. The molecule has 0 aliphatic heterocycles. The Labute approximate surface area is 196 Å². The molecule has 2 aromatic heterocycles. The molecule has 6 nitrogen and oxygen atoms in total. The number of anilines is 1. The summed E-state index contributed by atoms with van der Waals surface area (Å²) in [6, 6.07) is 6.69. The number of carbonyl (C=O) groups excluding carboxylic acids is 1. The summed E-state index contributed by atoms with van der Waals surface area (Å²) < 4.78 is 121. The number of nitriles is 1. The summed E-state index contributed by atoms with van der Waals surface area (Å²) in [6.07, 6.45) is -16.2. The van der Waals surface area contributed by atoms with Gasteiger partial charge in [0.1, 0.15) is 23.0 Å². The molecule has 0 saturated carbocycles. The van der Waals surface area contributed by atoms with Gasteiger partial charge in [0, 0.05) is 18.8 Å². The zero-order chi connectivity index (χ0) is 27.2. The highest BCUT2D eigenvalue weighted by molar-refractivity contribution is 6.05. The van der Waals surface area contributed by atoms with E-state index in [9.17, 15) is 49.6 Å². The first-order valence-electron chi connectivity index (χ1n) is 9.57. The standard InChI is InChI=1S/C21H12F9N5O/c1-10-4-3-5-11(6-10)34(2)18(36)14-8-16(21(28,29)30)33-35(14)17-12(9-31)13(19(22,23)24)7-15(32-17)20(25,26)27/h3-8H,1-2H3. The zero-order valence-electron chi connectivity index (χ0n) is 18.0. The number of pyridine rings is 1. The van der Waals surface area contributed by atoms with Crippen LogP contribution in [0.3, 0.4) is 0 Å². The zero-order valence-corrected chi connectivity index (χ0v) is 18.0. The Balaban J connectivity index is 2.36. The minimum atomic E-state index is -5.52. The minimum absolute atomic E-state index is 0.138. The van der Waals surface area contributed by atoms with Crippen molar-refractivity contribution in [3.63, 3.8) is 0 Å². The Morgan fingerprint density at radius 2 is 1.56 bits per heavy atom. The van der Waals surface area contributed by atoms with Crippen LogP contribution in [-0.4, -0.2) is 27.7 Å². The smallest absolute Gasteiger partial charge is 0.310 e. The monoisotopic (exact) mass is 521 g/mol. The van der Waals surface area contributed by atoms with Crippen molar-refractivity contribution in [1.82, 2.24) is 14.8 Å². The predicted octanol–water partition coefficient (Wildman–Crippen LogP) is 5.78. The van der Waals surface area contributed by atoms with Crippen LogP contribution >= 0.6 is 0 Å². The van der Waals surface area contributed by atoms with Crippen molar-refractivity contribution in [2.45, 2.75) is 25.5 Å². The lowest BCUT2D eigenvalue weighted by molar-refractivity contribution is -0.146. The molecule has 1 aromatic carbocycles. The molecular weight excluding hydrogens is 509 g/mol. The number of hydrogen-bond acceptors (Lipinski definition) is 4. The van der Waals surface area contributed by atoms with E-state index in [1.807, 2.05) is 0 Å². The van der Waals surface area contributed by atoms with Crippen LogP contribution in [0.4, 0.5) is 45.2 Å². The number of benzene rings is 1. The number of hydrogen-bond donors (Lipinski definition) is 0. The number of nitrogens with zero attached hydrogens (tertiary/aromatic N) is 5. The molecule has 3 aromatic rings. The Kier molecular flexibility index (Phi) is 6.52. The SMILES string of the molecule is Cc1cccc(N(C)C(=O)c2cc(C(F)(F)F)nn2-c2nc(C(F)(F)F)cc(C(F)(F)F)c2C#N)c1. The molecule has 0 aliphatic carbocycles. The van der Waals surface area contributed by atoms with Gasteiger partial charge in [-0.25, -0.2) is 9.67 Å². The predicted molar refractivity (Wildman–Crippen MR) is 105 cm³/mol. The van der Waals surface area contributed by atoms with Crippen LogP contribution in [0.15, 0.2) is 36.4 Å². The average molecular weight is 521 g/mol. The maximum absolute atomic E-state index is 13.5. The molecule has 0 saturated heterocycles. The summed E-state index contributed by atoms with van der Waals surface area (Å²) in [5.41, 5.74) is -7.93. The number of alkyl halides is 9. The van der Waals surface area contributed by atoms with Crippen LogP contribution in [0.5, 0.6) is 0 Å². The topological polar surface area (TPSA) is 74.8 Å². The van der Waals surface area contributed by atoms with Crippen molar-refractivity contribution in [2.24, 2.45) is 0 Å². The van der Waals surface area contributed by atoms with Crippen molar-refractivity contribution in [3.8, 4) is 11.9 Å².